The van der Waals surface area contributed by atoms with Crippen LogP contribution in [0.1, 0.15) is 29.1 Å². The van der Waals surface area contributed by atoms with E-state index >= 15 is 0 Å². The first-order valence-electron chi connectivity index (χ1n) is 13.3. The third kappa shape index (κ3) is 5.02. The van der Waals surface area contributed by atoms with Gasteiger partial charge < -0.3 is 0 Å². The van der Waals surface area contributed by atoms with E-state index in [0.29, 0.717) is 45.2 Å². The maximum absolute atomic E-state index is 13.3. The highest BCUT2D eigenvalue weighted by Gasteiger charge is 2.27. The molecule has 12 heteroatoms. The van der Waals surface area contributed by atoms with Gasteiger partial charge in [-0.1, -0.05) is 47.7 Å². The molecule has 5 heterocycles. The molecule has 1 fully saturated rings. The molecule has 0 N–H and O–H groups in total. The summed E-state index contributed by atoms with van der Waals surface area (Å²) in [7, 11) is -3.61. The predicted octanol–water partition coefficient (Wildman–Crippen LogP) is 4.57. The Balaban J connectivity index is 1.32. The molecule has 0 radical (unpaired) electrons. The zero-order chi connectivity index (χ0) is 28.7. The molecule has 42 heavy (non-hydrogen) atoms. The smallest absolute Gasteiger partial charge is 0.266 e. The quantitative estimate of drug-likeness (QED) is 0.262. The van der Waals surface area contributed by atoms with Gasteiger partial charge in [0.15, 0.2) is 5.82 Å². The molecule has 2 aromatic carbocycles. The van der Waals surface area contributed by atoms with Crippen molar-refractivity contribution in [1.82, 2.24) is 28.7 Å². The number of thiazole rings is 1. The van der Waals surface area contributed by atoms with E-state index in [0.717, 1.165) is 23.4 Å². The van der Waals surface area contributed by atoms with E-state index in [4.69, 9.17) is 5.10 Å². The Morgan fingerprint density at radius 3 is 2.50 bits per heavy atom. The lowest BCUT2D eigenvalue weighted by molar-refractivity contribution is 0.477. The summed E-state index contributed by atoms with van der Waals surface area (Å²) >= 11 is 2.86. The van der Waals surface area contributed by atoms with E-state index in [2.05, 4.69) is 10.1 Å². The topological polar surface area (TPSA) is 102 Å². The highest BCUT2D eigenvalue weighted by Crippen LogP contribution is 2.29. The van der Waals surface area contributed by atoms with Gasteiger partial charge in [-0.25, -0.2) is 13.1 Å². The summed E-state index contributed by atoms with van der Waals surface area (Å²) < 4.78 is 31.6. The van der Waals surface area contributed by atoms with Crippen LogP contribution in [0.4, 0.5) is 0 Å². The van der Waals surface area contributed by atoms with Gasteiger partial charge in [0.2, 0.25) is 15.0 Å². The number of sulfonamides is 1. The number of rotatable bonds is 7. The molecule has 9 nitrogen and oxygen atoms in total. The lowest BCUT2D eigenvalue weighted by Crippen LogP contribution is -2.27. The van der Waals surface area contributed by atoms with Crippen LogP contribution in [0.15, 0.2) is 88.0 Å². The summed E-state index contributed by atoms with van der Waals surface area (Å²) in [6, 6.07) is 20.5. The Bertz CT molecular complexity index is 2140. The van der Waals surface area contributed by atoms with Crippen molar-refractivity contribution in [2.45, 2.75) is 17.7 Å². The Morgan fingerprint density at radius 1 is 0.905 bits per heavy atom. The molecular weight excluding hydrogens is 589 g/mol. The van der Waals surface area contributed by atoms with Crippen LogP contribution in [0.2, 0.25) is 0 Å². The van der Waals surface area contributed by atoms with Crippen molar-refractivity contribution >= 4 is 55.9 Å². The molecule has 6 aromatic rings. The molecule has 1 saturated heterocycles. The van der Waals surface area contributed by atoms with E-state index in [1.165, 1.54) is 20.2 Å². The zero-order valence-corrected chi connectivity index (χ0v) is 24.6. The molecule has 1 aliphatic heterocycles. The average Bonchev–Trinajstić information content (AvgIpc) is 3.84. The first-order valence-corrected chi connectivity index (χ1v) is 16.5. The normalized spacial score (nSPS) is 15.0. The highest BCUT2D eigenvalue weighted by atomic mass is 32.2. The van der Waals surface area contributed by atoms with Gasteiger partial charge in [0.05, 0.1) is 15.1 Å². The van der Waals surface area contributed by atoms with Gasteiger partial charge in [0.1, 0.15) is 5.69 Å². The van der Waals surface area contributed by atoms with Crippen LogP contribution >= 0.6 is 22.7 Å². The highest BCUT2D eigenvalue weighted by molar-refractivity contribution is 7.89. The number of benzene rings is 2. The zero-order valence-electron chi connectivity index (χ0n) is 22.2. The van der Waals surface area contributed by atoms with Crippen LogP contribution in [0.25, 0.3) is 40.1 Å². The fourth-order valence-corrected chi connectivity index (χ4v) is 8.00. The predicted molar refractivity (Wildman–Crippen MR) is 166 cm³/mol. The summed E-state index contributed by atoms with van der Waals surface area (Å²) in [6.07, 6.45) is 9.06. The van der Waals surface area contributed by atoms with Gasteiger partial charge in [0, 0.05) is 35.3 Å². The Kier molecular flexibility index (Phi) is 6.90. The molecule has 1 aliphatic rings. The van der Waals surface area contributed by atoms with Crippen LogP contribution in [0.5, 0.6) is 0 Å². The van der Waals surface area contributed by atoms with Crippen LogP contribution in [-0.4, -0.2) is 50.2 Å². The molecular formula is C30H24N6O3S3. The minimum Gasteiger partial charge on any atom is -0.266 e. The number of hydrogen-bond donors (Lipinski definition) is 0. The molecule has 0 atom stereocenters. The fraction of sp³-hybridized carbons (Fsp3) is 0.133. The van der Waals surface area contributed by atoms with Crippen LogP contribution in [0.3, 0.4) is 0 Å². The van der Waals surface area contributed by atoms with Gasteiger partial charge in [-0.2, -0.15) is 18.9 Å². The number of nitrogens with zero attached hydrogens (tertiary/aromatic N) is 6. The lowest BCUT2D eigenvalue weighted by Gasteiger charge is -2.15. The fourth-order valence-electron chi connectivity index (χ4n) is 4.92. The van der Waals surface area contributed by atoms with Crippen LogP contribution < -0.4 is 10.1 Å². The van der Waals surface area contributed by atoms with Crippen molar-refractivity contribution in [2.75, 3.05) is 13.1 Å². The maximum Gasteiger partial charge on any atom is 0.291 e. The summed E-state index contributed by atoms with van der Waals surface area (Å²) in [5.74, 6) is 0.465. The first kappa shape index (κ1) is 26.7. The number of para-hydroxylation sites is 1. The minimum atomic E-state index is -3.61. The summed E-state index contributed by atoms with van der Waals surface area (Å²) in [5, 5.41) is 11.2. The van der Waals surface area contributed by atoms with E-state index < -0.39 is 10.0 Å². The van der Waals surface area contributed by atoms with Gasteiger partial charge in [0.25, 0.3) is 5.56 Å². The van der Waals surface area contributed by atoms with E-state index in [-0.39, 0.29) is 10.5 Å². The van der Waals surface area contributed by atoms with Gasteiger partial charge in [-0.15, -0.1) is 16.4 Å². The van der Waals surface area contributed by atoms with E-state index in [1.54, 1.807) is 46.4 Å². The average molecular weight is 613 g/mol. The third-order valence-corrected chi connectivity index (χ3v) is 10.7. The Labute approximate surface area is 249 Å². The van der Waals surface area contributed by atoms with Crippen molar-refractivity contribution in [3.8, 4) is 16.9 Å². The molecule has 0 bridgehead atoms. The standard InChI is InChI=1S/C30H24N6O3S3/c37-29-26(41-30-31-27(32-36(29)30)14-13-24-11-7-17-40-24)19-22-20-35(23-9-2-1-3-10-23)33-28(22)21-8-6-12-25(18-21)42(38,39)34-15-4-5-16-34/h1-3,6-14,17-20H,4-5,15-16H2/b14-13+,26-19-. The molecule has 0 saturated carbocycles. The Hall–Kier alpha value is -4.23. The molecule has 7 rings (SSSR count). The third-order valence-electron chi connectivity index (χ3n) is 7.00. The van der Waals surface area contributed by atoms with E-state index in [1.807, 2.05) is 66.2 Å². The van der Waals surface area contributed by atoms with Crippen molar-refractivity contribution in [3.05, 3.63) is 109 Å². The SMILES string of the molecule is O=c1/c(=C/c2cn(-c3ccccc3)nc2-c2cccc(S(=O)(=O)N3CCCC3)c2)sc2nc(/C=C/c3cccs3)nn12. The van der Waals surface area contributed by atoms with Gasteiger partial charge in [-0.05, 0) is 66.8 Å². The van der Waals surface area contributed by atoms with Crippen LogP contribution in [-0.2, 0) is 10.0 Å². The van der Waals surface area contributed by atoms with Gasteiger partial charge in [-0.3, -0.25) is 4.79 Å². The number of aromatic nitrogens is 5. The monoisotopic (exact) mass is 612 g/mol. The summed E-state index contributed by atoms with van der Waals surface area (Å²) in [4.78, 5) is 19.7. The van der Waals surface area contributed by atoms with Crippen LogP contribution in [0, 0.1) is 0 Å². The number of thiophene rings is 1. The molecule has 0 amide bonds. The molecule has 0 spiro atoms. The maximum atomic E-state index is 13.3. The molecule has 210 valence electrons. The minimum absolute atomic E-state index is 0.230. The summed E-state index contributed by atoms with van der Waals surface area (Å²) in [5.41, 5.74) is 2.45. The largest absolute Gasteiger partial charge is 0.291 e. The summed E-state index contributed by atoms with van der Waals surface area (Å²) in [6.45, 7) is 1.06. The second kappa shape index (κ2) is 10.9. The first-order chi connectivity index (χ1) is 20.5. The number of fused-ring (bicyclic) bond motifs is 1. The lowest BCUT2D eigenvalue weighted by atomic mass is 10.1. The molecule has 4 aromatic heterocycles. The van der Waals surface area contributed by atoms with Crippen molar-refractivity contribution in [3.63, 3.8) is 0 Å². The number of hydrogen-bond acceptors (Lipinski definition) is 8. The second-order valence-electron chi connectivity index (χ2n) is 9.78. The molecule has 0 aliphatic carbocycles. The van der Waals surface area contributed by atoms with Crippen molar-refractivity contribution in [2.24, 2.45) is 0 Å². The van der Waals surface area contributed by atoms with Crippen molar-refractivity contribution < 1.29 is 8.42 Å². The Morgan fingerprint density at radius 2 is 1.74 bits per heavy atom. The van der Waals surface area contributed by atoms with Crippen molar-refractivity contribution in [1.29, 1.82) is 0 Å². The molecule has 0 unspecified atom stereocenters. The van der Waals surface area contributed by atoms with Gasteiger partial charge >= 0.3 is 0 Å². The second-order valence-corrected chi connectivity index (χ2v) is 13.7. The van der Waals surface area contributed by atoms with E-state index in [9.17, 15) is 13.2 Å².